The number of carbonyl (C=O) groups is 1. The number of aromatic nitrogens is 1. The third-order valence-corrected chi connectivity index (χ3v) is 1.77. The minimum Gasteiger partial charge on any atom is -0.447 e. The largest absolute Gasteiger partial charge is 0.447 e. The molecule has 0 fully saturated rings. The highest BCUT2D eigenvalue weighted by Crippen LogP contribution is 2.10. The van der Waals surface area contributed by atoms with Crippen LogP contribution in [0.15, 0.2) is 22.9 Å². The molecule has 1 amide bonds. The zero-order valence-corrected chi connectivity index (χ0v) is 8.82. The summed E-state index contributed by atoms with van der Waals surface area (Å²) in [5.41, 5.74) is 0.538. The van der Waals surface area contributed by atoms with Gasteiger partial charge in [-0.25, -0.2) is 9.78 Å². The van der Waals surface area contributed by atoms with Crippen molar-refractivity contribution in [3.63, 3.8) is 0 Å². The molecule has 1 aromatic heterocycles. The Morgan fingerprint density at radius 3 is 3.00 bits per heavy atom. The lowest BCUT2D eigenvalue weighted by Crippen LogP contribution is -2.15. The van der Waals surface area contributed by atoms with E-state index in [0.717, 1.165) is 0 Å². The van der Waals surface area contributed by atoms with Crippen molar-refractivity contribution < 1.29 is 14.6 Å². The van der Waals surface area contributed by atoms with Crippen LogP contribution in [-0.4, -0.2) is 29.4 Å². The summed E-state index contributed by atoms with van der Waals surface area (Å²) in [6, 6.07) is 3.37. The van der Waals surface area contributed by atoms with Gasteiger partial charge in [-0.3, -0.25) is 5.32 Å². The van der Waals surface area contributed by atoms with Crippen molar-refractivity contribution in [2.24, 2.45) is 0 Å². The van der Waals surface area contributed by atoms with E-state index in [0.29, 0.717) is 10.3 Å². The molecule has 0 saturated carbocycles. The highest BCUT2D eigenvalue weighted by atomic mass is 79.9. The second-order valence-electron chi connectivity index (χ2n) is 2.35. The predicted octanol–water partition coefficient (Wildman–Crippen LogP) is 1.38. The van der Waals surface area contributed by atoms with E-state index in [4.69, 9.17) is 5.11 Å². The first kappa shape index (κ1) is 10.9. The van der Waals surface area contributed by atoms with E-state index in [1.165, 1.54) is 6.20 Å². The number of rotatable bonds is 3. The van der Waals surface area contributed by atoms with Gasteiger partial charge in [0.2, 0.25) is 0 Å². The number of aliphatic hydroxyl groups excluding tert-OH is 1. The number of nitrogens with zero attached hydrogens (tertiary/aromatic N) is 1. The van der Waals surface area contributed by atoms with Crippen LogP contribution in [0.1, 0.15) is 0 Å². The van der Waals surface area contributed by atoms with Crippen LogP contribution in [0.2, 0.25) is 0 Å². The maximum atomic E-state index is 11.0. The van der Waals surface area contributed by atoms with Crippen molar-refractivity contribution in [2.75, 3.05) is 18.5 Å². The molecule has 0 atom stereocenters. The van der Waals surface area contributed by atoms with Gasteiger partial charge in [0.25, 0.3) is 0 Å². The molecule has 6 heteroatoms. The van der Waals surface area contributed by atoms with E-state index in [-0.39, 0.29) is 13.2 Å². The fourth-order valence-corrected chi connectivity index (χ4v) is 0.977. The molecule has 0 bridgehead atoms. The van der Waals surface area contributed by atoms with Crippen LogP contribution < -0.4 is 5.32 Å². The summed E-state index contributed by atoms with van der Waals surface area (Å²) >= 11 is 3.17. The Kier molecular flexibility index (Phi) is 4.34. The lowest BCUT2D eigenvalue weighted by atomic mass is 10.4. The number of anilines is 1. The highest BCUT2D eigenvalue weighted by molar-refractivity contribution is 9.10. The lowest BCUT2D eigenvalue weighted by molar-refractivity contribution is 0.131. The molecule has 0 aliphatic carbocycles. The van der Waals surface area contributed by atoms with Crippen molar-refractivity contribution in [1.29, 1.82) is 0 Å². The molecule has 0 saturated heterocycles. The van der Waals surface area contributed by atoms with E-state index in [9.17, 15) is 4.79 Å². The first-order valence-corrected chi connectivity index (χ1v) is 4.68. The fourth-order valence-electron chi connectivity index (χ4n) is 0.742. The molecule has 0 radical (unpaired) electrons. The van der Waals surface area contributed by atoms with Crippen LogP contribution in [0.25, 0.3) is 0 Å². The fraction of sp³-hybridized carbons (Fsp3) is 0.250. The van der Waals surface area contributed by atoms with Gasteiger partial charge in [-0.15, -0.1) is 0 Å². The Balaban J connectivity index is 2.44. The number of halogens is 1. The molecule has 2 N–H and O–H groups in total. The normalized spacial score (nSPS) is 9.57. The number of hydrogen-bond donors (Lipinski definition) is 2. The third-order valence-electron chi connectivity index (χ3n) is 1.30. The summed E-state index contributed by atoms with van der Waals surface area (Å²) in [4.78, 5) is 14.9. The van der Waals surface area contributed by atoms with Gasteiger partial charge in [-0.05, 0) is 28.1 Å². The van der Waals surface area contributed by atoms with Crippen LogP contribution in [0.5, 0.6) is 0 Å². The van der Waals surface area contributed by atoms with Crippen molar-refractivity contribution in [1.82, 2.24) is 4.98 Å². The van der Waals surface area contributed by atoms with Crippen LogP contribution in [-0.2, 0) is 4.74 Å². The number of carbonyl (C=O) groups excluding carboxylic acids is 1. The second kappa shape index (κ2) is 5.56. The molecule has 0 spiro atoms. The molecular weight excluding hydrogens is 252 g/mol. The molecule has 0 aliphatic heterocycles. The number of nitrogens with one attached hydrogen (secondary N) is 1. The zero-order valence-electron chi connectivity index (χ0n) is 7.24. The first-order chi connectivity index (χ1) is 6.72. The monoisotopic (exact) mass is 260 g/mol. The Bertz CT molecular complexity index is 302. The topological polar surface area (TPSA) is 71.5 Å². The summed E-state index contributed by atoms with van der Waals surface area (Å²) in [7, 11) is 0. The predicted molar refractivity (Wildman–Crippen MR) is 54.0 cm³/mol. The Hall–Kier alpha value is -1.14. The van der Waals surface area contributed by atoms with E-state index >= 15 is 0 Å². The van der Waals surface area contributed by atoms with Gasteiger partial charge >= 0.3 is 6.09 Å². The molecule has 5 nitrogen and oxygen atoms in total. The molecular formula is C8H9BrN2O3. The number of aliphatic hydroxyl groups is 1. The van der Waals surface area contributed by atoms with Gasteiger partial charge in [-0.1, -0.05) is 0 Å². The molecule has 0 unspecified atom stereocenters. The highest BCUT2D eigenvalue weighted by Gasteiger charge is 2.01. The maximum Gasteiger partial charge on any atom is 0.411 e. The molecule has 0 aromatic carbocycles. The van der Waals surface area contributed by atoms with Crippen molar-refractivity contribution in [3.05, 3.63) is 22.9 Å². The number of ether oxygens (including phenoxy) is 1. The number of hydrogen-bond acceptors (Lipinski definition) is 4. The SMILES string of the molecule is O=C(Nc1ccc(Br)nc1)OCCO. The van der Waals surface area contributed by atoms with Crippen LogP contribution in [0, 0.1) is 0 Å². The molecule has 76 valence electrons. The second-order valence-corrected chi connectivity index (χ2v) is 3.17. The van der Waals surface area contributed by atoms with Gasteiger partial charge in [0.05, 0.1) is 18.5 Å². The minimum atomic E-state index is -0.608. The summed E-state index contributed by atoms with van der Waals surface area (Å²) < 4.78 is 5.27. The van der Waals surface area contributed by atoms with Crippen molar-refractivity contribution in [3.8, 4) is 0 Å². The third kappa shape index (κ3) is 3.71. The van der Waals surface area contributed by atoms with E-state index < -0.39 is 6.09 Å². The van der Waals surface area contributed by atoms with Gasteiger partial charge in [0.1, 0.15) is 11.2 Å². The lowest BCUT2D eigenvalue weighted by Gasteiger charge is -2.04. The summed E-state index contributed by atoms with van der Waals surface area (Å²) in [5, 5.41) is 10.8. The Morgan fingerprint density at radius 1 is 1.64 bits per heavy atom. The van der Waals surface area contributed by atoms with Crippen molar-refractivity contribution >= 4 is 27.7 Å². The van der Waals surface area contributed by atoms with Gasteiger partial charge in [0.15, 0.2) is 0 Å². The molecule has 0 aliphatic rings. The van der Waals surface area contributed by atoms with Gasteiger partial charge < -0.3 is 9.84 Å². The average molecular weight is 261 g/mol. The summed E-state index contributed by atoms with van der Waals surface area (Å²) in [5.74, 6) is 0. The van der Waals surface area contributed by atoms with E-state index in [1.54, 1.807) is 12.1 Å². The smallest absolute Gasteiger partial charge is 0.411 e. The van der Waals surface area contributed by atoms with Gasteiger partial charge in [0, 0.05) is 0 Å². The van der Waals surface area contributed by atoms with Crippen LogP contribution in [0.4, 0.5) is 10.5 Å². The summed E-state index contributed by atoms with van der Waals surface area (Å²) in [6.07, 6.45) is 0.882. The molecule has 14 heavy (non-hydrogen) atoms. The molecule has 1 aromatic rings. The summed E-state index contributed by atoms with van der Waals surface area (Å²) in [6.45, 7) is -0.207. The Morgan fingerprint density at radius 2 is 2.43 bits per heavy atom. The maximum absolute atomic E-state index is 11.0. The van der Waals surface area contributed by atoms with Crippen LogP contribution >= 0.6 is 15.9 Å². The van der Waals surface area contributed by atoms with E-state index in [1.807, 2.05) is 0 Å². The zero-order chi connectivity index (χ0) is 10.4. The van der Waals surface area contributed by atoms with E-state index in [2.05, 4.69) is 31.0 Å². The van der Waals surface area contributed by atoms with Crippen molar-refractivity contribution in [2.45, 2.75) is 0 Å². The standard InChI is InChI=1S/C8H9BrN2O3/c9-7-2-1-6(5-10-7)11-8(13)14-4-3-12/h1-2,5,12H,3-4H2,(H,11,13). The quantitative estimate of drug-likeness (QED) is 0.806. The minimum absolute atomic E-state index is 0.0181. The average Bonchev–Trinajstić information content (AvgIpc) is 2.18. The number of amides is 1. The first-order valence-electron chi connectivity index (χ1n) is 3.88. The number of pyridine rings is 1. The Labute approximate surface area is 89.2 Å². The van der Waals surface area contributed by atoms with Gasteiger partial charge in [-0.2, -0.15) is 0 Å². The molecule has 1 heterocycles. The molecule has 1 rings (SSSR count). The van der Waals surface area contributed by atoms with Crippen LogP contribution in [0.3, 0.4) is 0 Å².